The average molecular weight is 535 g/mol. The maximum Gasteiger partial charge on any atom is 0.253 e. The van der Waals surface area contributed by atoms with Crippen molar-refractivity contribution < 1.29 is 9.59 Å². The average Bonchev–Trinajstić information content (AvgIpc) is 3.23. The van der Waals surface area contributed by atoms with Gasteiger partial charge in [0.25, 0.3) is 5.91 Å². The summed E-state index contributed by atoms with van der Waals surface area (Å²) in [7, 11) is 0. The highest BCUT2D eigenvalue weighted by atomic mass is 35.5. The van der Waals surface area contributed by atoms with Crippen molar-refractivity contribution >= 4 is 46.8 Å². The monoisotopic (exact) mass is 533 g/mol. The van der Waals surface area contributed by atoms with Crippen LogP contribution in [0.15, 0.2) is 53.7 Å². The number of carbonyl (C=O) groups is 2. The lowest BCUT2D eigenvalue weighted by Crippen LogP contribution is -2.34. The van der Waals surface area contributed by atoms with Crippen LogP contribution in [0.4, 0.5) is 0 Å². The number of carbonyl (C=O) groups excluding carboxylic acids is 2. The Labute approximate surface area is 220 Å². The van der Waals surface area contributed by atoms with E-state index in [0.717, 1.165) is 5.56 Å². The molecule has 10 heteroatoms. The fourth-order valence-electron chi connectivity index (χ4n) is 3.59. The maximum atomic E-state index is 13.0. The zero-order valence-corrected chi connectivity index (χ0v) is 22.4. The zero-order valence-electron chi connectivity index (χ0n) is 20.1. The van der Waals surface area contributed by atoms with Gasteiger partial charge in [-0.15, -0.1) is 10.2 Å². The molecule has 1 aromatic heterocycles. The number of aromatic nitrogens is 3. The maximum absolute atomic E-state index is 13.0. The Morgan fingerprint density at radius 2 is 1.74 bits per heavy atom. The van der Waals surface area contributed by atoms with Crippen LogP contribution in [-0.4, -0.2) is 32.3 Å². The summed E-state index contributed by atoms with van der Waals surface area (Å²) >= 11 is 13.5. The number of halogens is 2. The van der Waals surface area contributed by atoms with Crippen LogP contribution in [-0.2, 0) is 11.3 Å². The normalized spacial score (nSPS) is 12.9. The van der Waals surface area contributed by atoms with Crippen LogP contribution in [0, 0.1) is 5.92 Å². The molecule has 0 aliphatic heterocycles. The van der Waals surface area contributed by atoms with Crippen LogP contribution in [0.5, 0.6) is 0 Å². The summed E-state index contributed by atoms with van der Waals surface area (Å²) in [5.41, 5.74) is 1.38. The van der Waals surface area contributed by atoms with Gasteiger partial charge in [0, 0.05) is 11.6 Å². The Hall–Kier alpha value is -2.55. The number of thioether (sulfide) groups is 1. The molecule has 0 aliphatic carbocycles. The van der Waals surface area contributed by atoms with Gasteiger partial charge in [-0.05, 0) is 43.5 Å². The summed E-state index contributed by atoms with van der Waals surface area (Å²) < 4.78 is 1.92. The summed E-state index contributed by atoms with van der Waals surface area (Å²) in [6.07, 6.45) is 0. The molecule has 3 rings (SSSR count). The molecule has 7 nitrogen and oxygen atoms in total. The molecule has 2 N–H and O–H groups in total. The van der Waals surface area contributed by atoms with Crippen molar-refractivity contribution in [2.24, 2.45) is 5.92 Å². The summed E-state index contributed by atoms with van der Waals surface area (Å²) in [4.78, 5) is 25.5. The van der Waals surface area contributed by atoms with Gasteiger partial charge in [-0.3, -0.25) is 9.59 Å². The summed E-state index contributed by atoms with van der Waals surface area (Å²) in [5.74, 6) is 0.451. The predicted octanol–water partition coefficient (Wildman–Crippen LogP) is 5.70. The Morgan fingerprint density at radius 1 is 1.03 bits per heavy atom. The van der Waals surface area contributed by atoms with Crippen molar-refractivity contribution in [2.75, 3.05) is 5.75 Å². The van der Waals surface area contributed by atoms with E-state index in [2.05, 4.69) is 20.8 Å². The van der Waals surface area contributed by atoms with E-state index in [0.29, 0.717) is 28.1 Å². The van der Waals surface area contributed by atoms with Gasteiger partial charge >= 0.3 is 0 Å². The molecule has 0 fully saturated rings. The third-order valence-electron chi connectivity index (χ3n) is 5.48. The molecule has 2 amide bonds. The van der Waals surface area contributed by atoms with E-state index < -0.39 is 6.04 Å². The van der Waals surface area contributed by atoms with Crippen LogP contribution < -0.4 is 10.6 Å². The smallest absolute Gasteiger partial charge is 0.253 e. The van der Waals surface area contributed by atoms with E-state index in [-0.39, 0.29) is 34.5 Å². The van der Waals surface area contributed by atoms with Gasteiger partial charge < -0.3 is 15.2 Å². The highest BCUT2D eigenvalue weighted by Gasteiger charge is 2.27. The Balaban J connectivity index is 1.70. The molecule has 0 saturated heterocycles. The minimum atomic E-state index is -0.400. The van der Waals surface area contributed by atoms with E-state index >= 15 is 0 Å². The molecule has 35 heavy (non-hydrogen) atoms. The SMILES string of the molecule is CCn1c(SCC(=O)N[C@@H](C)c2ccccc2)nnc1[C@@H](NC(=O)c1ccc(Cl)cc1Cl)C(C)C. The first kappa shape index (κ1) is 27.0. The van der Waals surface area contributed by atoms with E-state index in [1.807, 2.05) is 62.6 Å². The van der Waals surface area contributed by atoms with Crippen LogP contribution in [0.1, 0.15) is 61.5 Å². The minimum absolute atomic E-state index is 0.0346. The van der Waals surface area contributed by atoms with Crippen molar-refractivity contribution in [3.05, 3.63) is 75.5 Å². The number of rotatable bonds is 10. The fraction of sp³-hybridized carbons (Fsp3) is 0.360. The highest BCUT2D eigenvalue weighted by Crippen LogP contribution is 2.27. The molecule has 186 valence electrons. The lowest BCUT2D eigenvalue weighted by atomic mass is 10.0. The predicted molar refractivity (Wildman–Crippen MR) is 141 cm³/mol. The Morgan fingerprint density at radius 3 is 2.37 bits per heavy atom. The van der Waals surface area contributed by atoms with E-state index in [4.69, 9.17) is 23.2 Å². The molecule has 0 saturated carbocycles. The van der Waals surface area contributed by atoms with E-state index in [1.165, 1.54) is 17.8 Å². The van der Waals surface area contributed by atoms with Gasteiger partial charge in [-0.25, -0.2) is 0 Å². The van der Waals surface area contributed by atoms with Crippen LogP contribution in [0.2, 0.25) is 10.0 Å². The van der Waals surface area contributed by atoms with Gasteiger partial charge in [0.05, 0.1) is 28.4 Å². The topological polar surface area (TPSA) is 88.9 Å². The first-order valence-corrected chi connectivity index (χ1v) is 13.1. The van der Waals surface area contributed by atoms with Crippen molar-refractivity contribution in [3.63, 3.8) is 0 Å². The second-order valence-corrected chi connectivity index (χ2v) is 10.2. The molecule has 0 bridgehead atoms. The molecule has 0 aliphatic rings. The number of amides is 2. The highest BCUT2D eigenvalue weighted by molar-refractivity contribution is 7.99. The molecule has 2 aromatic carbocycles. The standard InChI is InChI=1S/C25H29Cl2N5O2S/c1-5-32-23(22(15(2)3)29-24(34)19-12-11-18(26)13-20(19)27)30-31-25(32)35-14-21(33)28-16(4)17-9-7-6-8-10-17/h6-13,15-16,22H,5,14H2,1-4H3,(H,28,33)(H,29,34)/t16-,22-/m0/s1. The molecule has 1 heterocycles. The summed E-state index contributed by atoms with van der Waals surface area (Å²) in [5, 5.41) is 16.1. The molecular weight excluding hydrogens is 505 g/mol. The van der Waals surface area contributed by atoms with E-state index in [1.54, 1.807) is 12.1 Å². The minimum Gasteiger partial charge on any atom is -0.349 e. The molecule has 0 radical (unpaired) electrons. The van der Waals surface area contributed by atoms with E-state index in [9.17, 15) is 9.59 Å². The second kappa shape index (κ2) is 12.4. The quantitative estimate of drug-likeness (QED) is 0.326. The first-order chi connectivity index (χ1) is 16.7. The molecule has 0 spiro atoms. The third kappa shape index (κ3) is 6.99. The largest absolute Gasteiger partial charge is 0.349 e. The second-order valence-electron chi connectivity index (χ2n) is 8.39. The van der Waals surface area contributed by atoms with Crippen molar-refractivity contribution in [3.8, 4) is 0 Å². The van der Waals surface area contributed by atoms with Crippen molar-refractivity contribution in [2.45, 2.75) is 51.5 Å². The summed E-state index contributed by atoms with van der Waals surface area (Å²) in [6.45, 7) is 8.51. The number of nitrogens with zero attached hydrogens (tertiary/aromatic N) is 3. The molecule has 2 atom stereocenters. The molecule has 3 aromatic rings. The Bertz CT molecular complexity index is 1170. The first-order valence-electron chi connectivity index (χ1n) is 11.4. The van der Waals surface area contributed by atoms with Crippen LogP contribution >= 0.6 is 35.0 Å². The van der Waals surface area contributed by atoms with Gasteiger partial charge in [0.1, 0.15) is 0 Å². The van der Waals surface area contributed by atoms with Crippen LogP contribution in [0.3, 0.4) is 0 Å². The fourth-order valence-corrected chi connectivity index (χ4v) is 4.91. The lowest BCUT2D eigenvalue weighted by molar-refractivity contribution is -0.119. The molecular formula is C25H29Cl2N5O2S. The van der Waals surface area contributed by atoms with Crippen LogP contribution in [0.25, 0.3) is 0 Å². The number of hydrogen-bond donors (Lipinski definition) is 2. The van der Waals surface area contributed by atoms with Crippen molar-refractivity contribution in [1.82, 2.24) is 25.4 Å². The van der Waals surface area contributed by atoms with Gasteiger partial charge in [0.15, 0.2) is 11.0 Å². The van der Waals surface area contributed by atoms with Gasteiger partial charge in [0.2, 0.25) is 5.91 Å². The van der Waals surface area contributed by atoms with Gasteiger partial charge in [-0.2, -0.15) is 0 Å². The lowest BCUT2D eigenvalue weighted by Gasteiger charge is -2.23. The molecule has 0 unspecified atom stereocenters. The Kier molecular flexibility index (Phi) is 9.60. The zero-order chi connectivity index (χ0) is 25.5. The van der Waals surface area contributed by atoms with Gasteiger partial charge in [-0.1, -0.05) is 79.1 Å². The number of nitrogens with one attached hydrogen (secondary N) is 2. The van der Waals surface area contributed by atoms with Crippen molar-refractivity contribution in [1.29, 1.82) is 0 Å². The summed E-state index contributed by atoms with van der Waals surface area (Å²) in [6, 6.07) is 14.1. The number of hydrogen-bond acceptors (Lipinski definition) is 5. The third-order valence-corrected chi connectivity index (χ3v) is 6.99. The number of benzene rings is 2.